The van der Waals surface area contributed by atoms with E-state index in [1.54, 1.807) is 16.9 Å². The number of aromatic nitrogens is 3. The minimum absolute atomic E-state index is 0.853. The number of hydrogen-bond acceptors (Lipinski definition) is 3. The third-order valence-corrected chi connectivity index (χ3v) is 1.93. The molecule has 0 bridgehead atoms. The van der Waals surface area contributed by atoms with E-state index in [9.17, 15) is 0 Å². The van der Waals surface area contributed by atoms with Crippen molar-refractivity contribution in [1.82, 2.24) is 14.6 Å². The maximum absolute atomic E-state index is 4.12. The van der Waals surface area contributed by atoms with Crippen molar-refractivity contribution in [2.75, 3.05) is 3.53 Å². The Bertz CT molecular complexity index is 369. The van der Waals surface area contributed by atoms with Gasteiger partial charge in [-0.2, -0.15) is 9.61 Å². The number of hydrogen-bond donors (Lipinski definition) is 1. The quantitative estimate of drug-likeness (QED) is 0.624. The highest BCUT2D eigenvalue weighted by Gasteiger charge is 1.99. The van der Waals surface area contributed by atoms with E-state index >= 15 is 0 Å². The van der Waals surface area contributed by atoms with E-state index in [-0.39, 0.29) is 0 Å². The average molecular weight is 260 g/mol. The molecule has 0 aromatic carbocycles. The third kappa shape index (κ3) is 1.05. The molecule has 0 aliphatic carbocycles. The monoisotopic (exact) mass is 260 g/mol. The van der Waals surface area contributed by atoms with Crippen LogP contribution in [0.3, 0.4) is 0 Å². The van der Waals surface area contributed by atoms with Gasteiger partial charge in [-0.1, -0.05) is 0 Å². The lowest BCUT2D eigenvalue weighted by molar-refractivity contribution is 0.947. The minimum Gasteiger partial charge on any atom is -0.312 e. The molecule has 56 valence electrons. The number of halogens is 1. The molecule has 4 nitrogen and oxygen atoms in total. The van der Waals surface area contributed by atoms with Crippen molar-refractivity contribution in [3.63, 3.8) is 0 Å². The molecule has 0 saturated heterocycles. The number of fused-ring (bicyclic) bond motifs is 1. The second-order valence-electron chi connectivity index (χ2n) is 2.03. The van der Waals surface area contributed by atoms with Gasteiger partial charge in [0.2, 0.25) is 0 Å². The molecule has 11 heavy (non-hydrogen) atoms. The van der Waals surface area contributed by atoms with Crippen molar-refractivity contribution in [2.24, 2.45) is 0 Å². The van der Waals surface area contributed by atoms with Gasteiger partial charge in [-0.25, -0.2) is 4.98 Å². The van der Waals surface area contributed by atoms with Crippen LogP contribution in [0.4, 0.5) is 5.82 Å². The summed E-state index contributed by atoms with van der Waals surface area (Å²) in [5, 5.41) is 4.10. The van der Waals surface area contributed by atoms with Crippen molar-refractivity contribution < 1.29 is 0 Å². The Hall–Kier alpha value is -0.850. The lowest BCUT2D eigenvalue weighted by Gasteiger charge is -1.94. The first-order valence-electron chi connectivity index (χ1n) is 3.07. The summed E-state index contributed by atoms with van der Waals surface area (Å²) >= 11 is 2.05. The predicted octanol–water partition coefficient (Wildman–Crippen LogP) is 1.49. The fraction of sp³-hybridized carbons (Fsp3) is 0. The predicted molar refractivity (Wildman–Crippen MR) is 50.6 cm³/mol. The highest BCUT2D eigenvalue weighted by Crippen LogP contribution is 2.09. The summed E-state index contributed by atoms with van der Waals surface area (Å²) in [6.45, 7) is 0. The highest BCUT2D eigenvalue weighted by molar-refractivity contribution is 14.1. The third-order valence-electron chi connectivity index (χ3n) is 1.37. The molecule has 5 heteroatoms. The van der Waals surface area contributed by atoms with Gasteiger partial charge in [0.1, 0.15) is 0 Å². The van der Waals surface area contributed by atoms with Crippen molar-refractivity contribution in [1.29, 1.82) is 0 Å². The molecule has 0 aliphatic heterocycles. The Balaban J connectivity index is 2.76. The SMILES string of the molecule is INc1cnc2cccnn12. The summed E-state index contributed by atoms with van der Waals surface area (Å²) in [7, 11) is 0. The smallest absolute Gasteiger partial charge is 0.157 e. The summed E-state index contributed by atoms with van der Waals surface area (Å²) in [5.74, 6) is 0.890. The number of rotatable bonds is 1. The van der Waals surface area contributed by atoms with Gasteiger partial charge < -0.3 is 3.53 Å². The van der Waals surface area contributed by atoms with Crippen molar-refractivity contribution in [2.45, 2.75) is 0 Å². The Morgan fingerprint density at radius 3 is 3.27 bits per heavy atom. The van der Waals surface area contributed by atoms with E-state index < -0.39 is 0 Å². The lowest BCUT2D eigenvalue weighted by Crippen LogP contribution is -1.92. The van der Waals surface area contributed by atoms with Crippen molar-refractivity contribution >= 4 is 34.3 Å². The van der Waals surface area contributed by atoms with Crippen LogP contribution in [-0.2, 0) is 0 Å². The second-order valence-corrected chi connectivity index (χ2v) is 2.57. The van der Waals surface area contributed by atoms with Gasteiger partial charge in [0.05, 0.1) is 29.1 Å². The molecule has 1 N–H and O–H groups in total. The Morgan fingerprint density at radius 1 is 1.55 bits per heavy atom. The lowest BCUT2D eigenvalue weighted by atomic mass is 10.6. The first-order chi connectivity index (χ1) is 5.42. The molecule has 0 radical (unpaired) electrons. The first kappa shape index (κ1) is 6.84. The zero-order valence-electron chi connectivity index (χ0n) is 5.53. The fourth-order valence-corrected chi connectivity index (χ4v) is 1.26. The number of nitrogens with zero attached hydrogens (tertiary/aromatic N) is 3. The first-order valence-corrected chi connectivity index (χ1v) is 4.15. The largest absolute Gasteiger partial charge is 0.312 e. The maximum Gasteiger partial charge on any atom is 0.157 e. The van der Waals surface area contributed by atoms with Crippen LogP contribution in [-0.4, -0.2) is 14.6 Å². The average Bonchev–Trinajstić information content (AvgIpc) is 2.47. The molecule has 0 fully saturated rings. The van der Waals surface area contributed by atoms with E-state index in [0.717, 1.165) is 11.5 Å². The van der Waals surface area contributed by atoms with Crippen molar-refractivity contribution in [3.05, 3.63) is 24.5 Å². The zero-order chi connectivity index (χ0) is 7.68. The molecule has 2 aromatic rings. The van der Waals surface area contributed by atoms with Crippen LogP contribution < -0.4 is 3.53 Å². The van der Waals surface area contributed by atoms with Gasteiger partial charge >= 0.3 is 0 Å². The Labute approximate surface area is 77.1 Å². The van der Waals surface area contributed by atoms with E-state index in [2.05, 4.69) is 13.6 Å². The molecule has 0 unspecified atom stereocenters. The van der Waals surface area contributed by atoms with Crippen LogP contribution in [0, 0.1) is 0 Å². The van der Waals surface area contributed by atoms with Crippen LogP contribution in [0.15, 0.2) is 24.5 Å². The summed E-state index contributed by atoms with van der Waals surface area (Å²) in [6.07, 6.45) is 3.47. The Morgan fingerprint density at radius 2 is 2.45 bits per heavy atom. The van der Waals surface area contributed by atoms with E-state index in [0.29, 0.717) is 0 Å². The summed E-state index contributed by atoms with van der Waals surface area (Å²) in [6, 6.07) is 3.77. The van der Waals surface area contributed by atoms with E-state index in [1.807, 2.05) is 35.0 Å². The van der Waals surface area contributed by atoms with Crippen molar-refractivity contribution in [3.8, 4) is 0 Å². The second kappa shape index (κ2) is 2.65. The molecule has 0 atom stereocenters. The molecule has 0 amide bonds. The van der Waals surface area contributed by atoms with Gasteiger partial charge in [0.15, 0.2) is 11.5 Å². The maximum atomic E-state index is 4.12. The molecule has 2 aromatic heterocycles. The van der Waals surface area contributed by atoms with Gasteiger partial charge in [-0.3, -0.25) is 0 Å². The molecular weight excluding hydrogens is 255 g/mol. The van der Waals surface area contributed by atoms with E-state index in [4.69, 9.17) is 0 Å². The van der Waals surface area contributed by atoms with Gasteiger partial charge in [-0.15, -0.1) is 0 Å². The van der Waals surface area contributed by atoms with Crippen LogP contribution in [0.2, 0.25) is 0 Å². The van der Waals surface area contributed by atoms with Crippen LogP contribution >= 0.6 is 22.9 Å². The topological polar surface area (TPSA) is 42.2 Å². The molecule has 2 rings (SSSR count). The highest BCUT2D eigenvalue weighted by atomic mass is 127. The zero-order valence-corrected chi connectivity index (χ0v) is 7.69. The molecule has 0 aliphatic rings. The van der Waals surface area contributed by atoms with Crippen LogP contribution in [0.25, 0.3) is 5.65 Å². The minimum atomic E-state index is 0.853. The Kier molecular flexibility index (Phi) is 1.65. The van der Waals surface area contributed by atoms with E-state index in [1.165, 1.54) is 0 Å². The molecule has 0 saturated carbocycles. The van der Waals surface area contributed by atoms with Crippen LogP contribution in [0.5, 0.6) is 0 Å². The fourth-order valence-electron chi connectivity index (χ4n) is 0.894. The normalized spacial score (nSPS) is 10.3. The molecular formula is C6H5IN4. The van der Waals surface area contributed by atoms with Gasteiger partial charge in [0, 0.05) is 6.20 Å². The standard InChI is InChI=1S/C6H5IN4/c7-10-6-4-8-5-2-1-3-9-11(5)6/h1-4,10H. The summed E-state index contributed by atoms with van der Waals surface area (Å²) < 4.78 is 4.70. The summed E-state index contributed by atoms with van der Waals surface area (Å²) in [4.78, 5) is 4.12. The number of nitrogens with one attached hydrogen (secondary N) is 1. The van der Waals surface area contributed by atoms with Gasteiger partial charge in [0.25, 0.3) is 0 Å². The summed E-state index contributed by atoms with van der Waals surface area (Å²) in [5.41, 5.74) is 0.853. The van der Waals surface area contributed by atoms with Gasteiger partial charge in [-0.05, 0) is 12.1 Å². The number of imidazole rings is 1. The molecule has 0 spiro atoms. The number of anilines is 1. The van der Waals surface area contributed by atoms with Crippen LogP contribution in [0.1, 0.15) is 0 Å². The molecule has 2 heterocycles.